The predicted octanol–water partition coefficient (Wildman–Crippen LogP) is -0.105. The van der Waals surface area contributed by atoms with Gasteiger partial charge in [-0.05, 0) is 25.0 Å². The number of nitrogens with one attached hydrogen (secondary N) is 2. The van der Waals surface area contributed by atoms with Crippen LogP contribution in [0.5, 0.6) is 11.5 Å². The van der Waals surface area contributed by atoms with Gasteiger partial charge >= 0.3 is 6.03 Å². The summed E-state index contributed by atoms with van der Waals surface area (Å²) >= 11 is 0. The maximum atomic E-state index is 12.7. The summed E-state index contributed by atoms with van der Waals surface area (Å²) in [7, 11) is -3.20. The summed E-state index contributed by atoms with van der Waals surface area (Å²) in [6.45, 7) is 0.395. The summed E-state index contributed by atoms with van der Waals surface area (Å²) in [5.41, 5.74) is -0.792. The van der Waals surface area contributed by atoms with Crippen LogP contribution in [0.4, 0.5) is 10.5 Å². The van der Waals surface area contributed by atoms with Gasteiger partial charge in [-0.2, -0.15) is 0 Å². The van der Waals surface area contributed by atoms with Crippen LogP contribution >= 0.6 is 0 Å². The molecule has 0 atom stereocenters. The highest BCUT2D eigenvalue weighted by Gasteiger charge is 2.53. The molecule has 0 radical (unpaired) electrons. The lowest BCUT2D eigenvalue weighted by Gasteiger charge is -2.30. The number of sulfone groups is 1. The zero-order valence-corrected chi connectivity index (χ0v) is 15.7. The molecule has 150 valence electrons. The summed E-state index contributed by atoms with van der Waals surface area (Å²) in [4.78, 5) is 38.1. The molecule has 4 rings (SSSR count). The predicted molar refractivity (Wildman–Crippen MR) is 96.9 cm³/mol. The lowest BCUT2D eigenvalue weighted by molar-refractivity contribution is -0.134. The minimum atomic E-state index is -3.20. The zero-order valence-electron chi connectivity index (χ0n) is 14.9. The Morgan fingerprint density at radius 1 is 1.14 bits per heavy atom. The molecule has 0 aliphatic carbocycles. The Kier molecular flexibility index (Phi) is 4.41. The van der Waals surface area contributed by atoms with Crippen molar-refractivity contribution in [2.45, 2.75) is 18.4 Å². The lowest BCUT2D eigenvalue weighted by atomic mass is 9.92. The van der Waals surface area contributed by atoms with Gasteiger partial charge in [0.05, 0.1) is 11.5 Å². The van der Waals surface area contributed by atoms with Crippen molar-refractivity contribution in [3.63, 3.8) is 0 Å². The Bertz CT molecular complexity index is 945. The van der Waals surface area contributed by atoms with E-state index in [0.717, 1.165) is 4.90 Å². The molecule has 2 saturated heterocycles. The van der Waals surface area contributed by atoms with Crippen molar-refractivity contribution in [2.24, 2.45) is 0 Å². The van der Waals surface area contributed by atoms with E-state index in [4.69, 9.17) is 9.47 Å². The van der Waals surface area contributed by atoms with Crippen molar-refractivity contribution < 1.29 is 32.3 Å². The number of nitrogens with zero attached hydrogens (tertiary/aromatic N) is 1. The van der Waals surface area contributed by atoms with Gasteiger partial charge in [0.1, 0.15) is 25.3 Å². The third-order valence-electron chi connectivity index (χ3n) is 5.05. The Hall–Kier alpha value is -2.82. The number of hydrogen-bond donors (Lipinski definition) is 2. The largest absolute Gasteiger partial charge is 0.486 e. The molecule has 0 unspecified atom stereocenters. The first-order chi connectivity index (χ1) is 13.3. The number of ether oxygens (including phenoxy) is 2. The summed E-state index contributed by atoms with van der Waals surface area (Å²) in [5.74, 6) is -0.383. The molecule has 2 fully saturated rings. The van der Waals surface area contributed by atoms with Gasteiger partial charge in [-0.25, -0.2) is 13.2 Å². The Morgan fingerprint density at radius 3 is 2.54 bits per heavy atom. The topological polar surface area (TPSA) is 131 Å². The van der Waals surface area contributed by atoms with E-state index < -0.39 is 39.8 Å². The second kappa shape index (κ2) is 6.66. The number of rotatable bonds is 3. The fourth-order valence-corrected chi connectivity index (χ4v) is 5.03. The molecule has 0 saturated carbocycles. The molecule has 3 heterocycles. The first-order valence-electron chi connectivity index (χ1n) is 8.82. The van der Waals surface area contributed by atoms with E-state index in [1.165, 1.54) is 0 Å². The molecule has 3 aliphatic heterocycles. The molecule has 11 heteroatoms. The molecule has 1 aromatic carbocycles. The highest BCUT2D eigenvalue weighted by Crippen LogP contribution is 2.33. The van der Waals surface area contributed by atoms with E-state index in [1.54, 1.807) is 18.2 Å². The number of fused-ring (bicyclic) bond motifs is 1. The summed E-state index contributed by atoms with van der Waals surface area (Å²) in [6, 6.07) is 4.20. The van der Waals surface area contributed by atoms with Crippen LogP contribution in [-0.2, 0) is 19.4 Å². The van der Waals surface area contributed by atoms with Gasteiger partial charge in [0, 0.05) is 11.8 Å². The van der Waals surface area contributed by atoms with Crippen LogP contribution in [0.1, 0.15) is 12.8 Å². The average molecular weight is 409 g/mol. The fraction of sp³-hybridized carbons (Fsp3) is 0.471. The van der Waals surface area contributed by atoms with E-state index in [2.05, 4.69) is 10.6 Å². The second-order valence-corrected chi connectivity index (χ2v) is 9.27. The lowest BCUT2D eigenvalue weighted by Crippen LogP contribution is -2.52. The van der Waals surface area contributed by atoms with Crippen molar-refractivity contribution in [2.75, 3.05) is 36.6 Å². The SMILES string of the molecule is O=C(CN1C(=O)NC2(CCS(=O)(=O)CC2)C1=O)Nc1ccc2c(c1)OCCO2. The van der Waals surface area contributed by atoms with Crippen LogP contribution in [0.3, 0.4) is 0 Å². The maximum Gasteiger partial charge on any atom is 0.325 e. The zero-order chi connectivity index (χ0) is 19.9. The van der Waals surface area contributed by atoms with Crippen molar-refractivity contribution in [3.05, 3.63) is 18.2 Å². The van der Waals surface area contributed by atoms with E-state index >= 15 is 0 Å². The molecule has 2 N–H and O–H groups in total. The normalized spacial score (nSPS) is 22.1. The molecular weight excluding hydrogens is 390 g/mol. The number of carbonyl (C=O) groups is 3. The Morgan fingerprint density at radius 2 is 1.82 bits per heavy atom. The summed E-state index contributed by atoms with van der Waals surface area (Å²) in [5, 5.41) is 5.19. The average Bonchev–Trinajstić information content (AvgIpc) is 2.89. The van der Waals surface area contributed by atoms with E-state index in [1.807, 2.05) is 0 Å². The van der Waals surface area contributed by atoms with Crippen LogP contribution in [0.15, 0.2) is 18.2 Å². The van der Waals surface area contributed by atoms with Crippen LogP contribution < -0.4 is 20.1 Å². The second-order valence-electron chi connectivity index (χ2n) is 6.96. The minimum absolute atomic E-state index is 0.0141. The number of benzene rings is 1. The van der Waals surface area contributed by atoms with Gasteiger partial charge in [0.2, 0.25) is 5.91 Å². The molecule has 28 heavy (non-hydrogen) atoms. The molecule has 4 amide bonds. The monoisotopic (exact) mass is 409 g/mol. The number of anilines is 1. The highest BCUT2D eigenvalue weighted by atomic mass is 32.2. The minimum Gasteiger partial charge on any atom is -0.486 e. The van der Waals surface area contributed by atoms with Gasteiger partial charge in [-0.15, -0.1) is 0 Å². The van der Waals surface area contributed by atoms with Crippen LogP contribution in [0.25, 0.3) is 0 Å². The van der Waals surface area contributed by atoms with E-state index in [-0.39, 0.29) is 24.3 Å². The molecular formula is C17H19N3O7S. The fourth-order valence-electron chi connectivity index (χ4n) is 3.51. The Balaban J connectivity index is 1.42. The molecule has 0 aromatic heterocycles. The third-order valence-corrected chi connectivity index (χ3v) is 6.71. The summed E-state index contributed by atoms with van der Waals surface area (Å²) in [6.07, 6.45) is 0.0281. The van der Waals surface area contributed by atoms with Crippen molar-refractivity contribution >= 4 is 33.4 Å². The third kappa shape index (κ3) is 3.37. The van der Waals surface area contributed by atoms with Gasteiger partial charge in [0.15, 0.2) is 21.3 Å². The van der Waals surface area contributed by atoms with Crippen LogP contribution in [0, 0.1) is 0 Å². The highest BCUT2D eigenvalue weighted by molar-refractivity contribution is 7.91. The standard InChI is InChI=1S/C17H19N3O7S/c21-14(18-11-1-2-12-13(9-11)27-6-5-26-12)10-20-15(22)17(19-16(20)23)3-7-28(24,25)8-4-17/h1-2,9H,3-8,10H2,(H,18,21)(H,19,23). The molecule has 1 aromatic rings. The first-order valence-corrected chi connectivity index (χ1v) is 10.6. The number of amides is 4. The van der Waals surface area contributed by atoms with Crippen molar-refractivity contribution in [1.82, 2.24) is 10.2 Å². The van der Waals surface area contributed by atoms with Gasteiger partial charge in [-0.3, -0.25) is 14.5 Å². The smallest absolute Gasteiger partial charge is 0.325 e. The quantitative estimate of drug-likeness (QED) is 0.666. The maximum absolute atomic E-state index is 12.7. The van der Waals surface area contributed by atoms with Gasteiger partial charge in [0.25, 0.3) is 5.91 Å². The van der Waals surface area contributed by atoms with E-state index in [9.17, 15) is 22.8 Å². The van der Waals surface area contributed by atoms with E-state index in [0.29, 0.717) is 30.4 Å². The molecule has 3 aliphatic rings. The van der Waals surface area contributed by atoms with Crippen molar-refractivity contribution in [3.8, 4) is 11.5 Å². The van der Waals surface area contributed by atoms with Crippen LogP contribution in [0.2, 0.25) is 0 Å². The molecule has 10 nitrogen and oxygen atoms in total. The number of imide groups is 1. The Labute approximate surface area is 161 Å². The van der Waals surface area contributed by atoms with Crippen molar-refractivity contribution in [1.29, 1.82) is 0 Å². The van der Waals surface area contributed by atoms with Crippen LogP contribution in [-0.4, -0.2) is 68.0 Å². The molecule has 1 spiro atoms. The molecule has 0 bridgehead atoms. The number of hydrogen-bond acceptors (Lipinski definition) is 7. The number of carbonyl (C=O) groups excluding carboxylic acids is 3. The number of urea groups is 1. The first kappa shape index (κ1) is 18.5. The van der Waals surface area contributed by atoms with Gasteiger partial charge < -0.3 is 20.1 Å². The van der Waals surface area contributed by atoms with Gasteiger partial charge in [-0.1, -0.05) is 0 Å². The summed E-state index contributed by atoms with van der Waals surface area (Å²) < 4.78 is 34.1.